The summed E-state index contributed by atoms with van der Waals surface area (Å²) >= 11 is 0. The van der Waals surface area contributed by atoms with Gasteiger partial charge in [0.25, 0.3) is 5.69 Å². The van der Waals surface area contributed by atoms with Crippen molar-refractivity contribution in [2.24, 2.45) is 0 Å². The third-order valence-electron chi connectivity index (χ3n) is 2.62. The van der Waals surface area contributed by atoms with Gasteiger partial charge < -0.3 is 0 Å². The highest BCUT2D eigenvalue weighted by Crippen LogP contribution is 2.17. The number of ketones is 1. The fraction of sp³-hybridized carbons (Fsp3) is 0.417. The Hall–Kier alpha value is -1.96. The topological polar surface area (TPSA) is 63.5 Å². The summed E-state index contributed by atoms with van der Waals surface area (Å²) in [4.78, 5) is 22.6. The van der Waals surface area contributed by atoms with Crippen molar-refractivity contribution in [3.63, 3.8) is 0 Å². The van der Waals surface area contributed by atoms with Crippen molar-refractivity contribution >= 4 is 11.5 Å². The molecule has 0 aromatic heterocycles. The van der Waals surface area contributed by atoms with Crippen molar-refractivity contribution in [2.75, 3.05) is 19.6 Å². The van der Waals surface area contributed by atoms with Crippen LogP contribution >= 0.6 is 0 Å². The summed E-state index contributed by atoms with van der Waals surface area (Å²) in [6.07, 6.45) is -4.37. The molecule has 5 nitrogen and oxygen atoms in total. The Morgan fingerprint density at radius 1 is 1.30 bits per heavy atom. The number of nitro benzene ring substituents is 1. The first-order chi connectivity index (χ1) is 9.23. The van der Waals surface area contributed by atoms with Gasteiger partial charge in [-0.1, -0.05) is 6.92 Å². The fourth-order valence-corrected chi connectivity index (χ4v) is 1.60. The first kappa shape index (κ1) is 16.1. The van der Waals surface area contributed by atoms with Crippen LogP contribution in [0.4, 0.5) is 18.9 Å². The largest absolute Gasteiger partial charge is 0.401 e. The molecule has 0 spiro atoms. The molecule has 0 heterocycles. The third kappa shape index (κ3) is 4.96. The minimum Gasteiger partial charge on any atom is -0.293 e. The van der Waals surface area contributed by atoms with Crippen LogP contribution in [-0.2, 0) is 0 Å². The number of nitrogens with zero attached hydrogens (tertiary/aromatic N) is 2. The highest BCUT2D eigenvalue weighted by molar-refractivity contribution is 5.97. The van der Waals surface area contributed by atoms with E-state index in [0.29, 0.717) is 0 Å². The predicted octanol–water partition coefficient (Wildman–Crippen LogP) is 2.66. The quantitative estimate of drug-likeness (QED) is 0.459. The number of rotatable bonds is 6. The molecule has 0 aliphatic carbocycles. The lowest BCUT2D eigenvalue weighted by Crippen LogP contribution is -2.37. The molecule has 0 amide bonds. The number of carbonyl (C=O) groups is 1. The zero-order chi connectivity index (χ0) is 15.3. The molecule has 1 aromatic carbocycles. The van der Waals surface area contributed by atoms with E-state index in [1.165, 1.54) is 19.1 Å². The molecule has 0 aliphatic heterocycles. The Balaban J connectivity index is 2.72. The summed E-state index contributed by atoms with van der Waals surface area (Å²) in [6.45, 7) is 0.0587. The summed E-state index contributed by atoms with van der Waals surface area (Å²) in [5, 5.41) is 10.5. The number of halogens is 3. The number of alkyl halides is 3. The van der Waals surface area contributed by atoms with Crippen LogP contribution in [0.1, 0.15) is 17.3 Å². The smallest absolute Gasteiger partial charge is 0.293 e. The van der Waals surface area contributed by atoms with E-state index in [0.717, 1.165) is 17.0 Å². The van der Waals surface area contributed by atoms with Gasteiger partial charge in [0.1, 0.15) is 0 Å². The molecule has 1 rings (SSSR count). The van der Waals surface area contributed by atoms with Crippen LogP contribution in [0.15, 0.2) is 24.3 Å². The van der Waals surface area contributed by atoms with E-state index in [9.17, 15) is 28.1 Å². The van der Waals surface area contributed by atoms with Gasteiger partial charge in [-0.25, -0.2) is 0 Å². The lowest BCUT2D eigenvalue weighted by Gasteiger charge is -2.20. The van der Waals surface area contributed by atoms with Crippen molar-refractivity contribution in [1.82, 2.24) is 4.90 Å². The van der Waals surface area contributed by atoms with E-state index in [1.807, 2.05) is 0 Å². The van der Waals surface area contributed by atoms with Crippen LogP contribution in [-0.4, -0.2) is 41.4 Å². The van der Waals surface area contributed by atoms with E-state index in [4.69, 9.17) is 0 Å². The summed E-state index contributed by atoms with van der Waals surface area (Å²) in [6, 6.07) is 4.77. The standard InChI is InChI=1S/C12H13F3N2O3/c1-2-16(8-12(13,14)15)7-11(18)9-3-5-10(6-4-9)17(19)20/h3-6H,2,7-8H2,1H3. The number of benzene rings is 1. The molecule has 0 fully saturated rings. The third-order valence-corrected chi connectivity index (χ3v) is 2.62. The molecule has 0 saturated heterocycles. The second kappa shape index (κ2) is 6.47. The Labute approximate surface area is 113 Å². The monoisotopic (exact) mass is 290 g/mol. The summed E-state index contributed by atoms with van der Waals surface area (Å²) in [5.74, 6) is -0.508. The zero-order valence-corrected chi connectivity index (χ0v) is 10.7. The van der Waals surface area contributed by atoms with E-state index < -0.39 is 23.4 Å². The molecule has 0 N–H and O–H groups in total. The van der Waals surface area contributed by atoms with Crippen LogP contribution in [0, 0.1) is 10.1 Å². The summed E-state index contributed by atoms with van der Waals surface area (Å²) in [7, 11) is 0. The van der Waals surface area contributed by atoms with Crippen LogP contribution in [0.3, 0.4) is 0 Å². The zero-order valence-electron chi connectivity index (χ0n) is 10.7. The highest BCUT2D eigenvalue weighted by Gasteiger charge is 2.30. The molecule has 8 heteroatoms. The van der Waals surface area contributed by atoms with Gasteiger partial charge >= 0.3 is 6.18 Å². The average Bonchev–Trinajstić information content (AvgIpc) is 2.36. The van der Waals surface area contributed by atoms with E-state index in [-0.39, 0.29) is 24.3 Å². The maximum Gasteiger partial charge on any atom is 0.401 e. The molecule has 0 radical (unpaired) electrons. The SMILES string of the molecule is CCN(CC(=O)c1ccc([N+](=O)[O-])cc1)CC(F)(F)F. The van der Waals surface area contributed by atoms with Crippen LogP contribution in [0.5, 0.6) is 0 Å². The first-order valence-electron chi connectivity index (χ1n) is 5.79. The molecule has 0 unspecified atom stereocenters. The Morgan fingerprint density at radius 2 is 1.85 bits per heavy atom. The minimum atomic E-state index is -4.37. The van der Waals surface area contributed by atoms with Crippen molar-refractivity contribution in [3.05, 3.63) is 39.9 Å². The van der Waals surface area contributed by atoms with Gasteiger partial charge in [0, 0.05) is 17.7 Å². The number of carbonyl (C=O) groups excluding carboxylic acids is 1. The second-order valence-corrected chi connectivity index (χ2v) is 4.15. The van der Waals surface area contributed by atoms with Crippen molar-refractivity contribution in [2.45, 2.75) is 13.1 Å². The second-order valence-electron chi connectivity index (χ2n) is 4.15. The van der Waals surface area contributed by atoms with Crippen LogP contribution in [0.2, 0.25) is 0 Å². The van der Waals surface area contributed by atoms with Gasteiger partial charge in [0.2, 0.25) is 0 Å². The lowest BCUT2D eigenvalue weighted by atomic mass is 10.1. The molecule has 0 bridgehead atoms. The van der Waals surface area contributed by atoms with E-state index >= 15 is 0 Å². The van der Waals surface area contributed by atoms with Crippen LogP contribution in [0.25, 0.3) is 0 Å². The Morgan fingerprint density at radius 3 is 2.25 bits per heavy atom. The molecule has 0 saturated carbocycles. The van der Waals surface area contributed by atoms with Gasteiger partial charge in [0.15, 0.2) is 5.78 Å². The maximum atomic E-state index is 12.3. The number of hydrogen-bond donors (Lipinski definition) is 0. The molecular weight excluding hydrogens is 277 g/mol. The van der Waals surface area contributed by atoms with Crippen molar-refractivity contribution in [1.29, 1.82) is 0 Å². The number of Topliss-reactive ketones (excluding diaryl/α,β-unsaturated/α-hetero) is 1. The van der Waals surface area contributed by atoms with Gasteiger partial charge in [0.05, 0.1) is 18.0 Å². The molecule has 0 atom stereocenters. The molecular formula is C12H13F3N2O3. The molecule has 0 aliphatic rings. The molecule has 1 aromatic rings. The summed E-state index contributed by atoms with van der Waals surface area (Å²) in [5.41, 5.74) is -0.0274. The van der Waals surface area contributed by atoms with E-state index in [2.05, 4.69) is 0 Å². The van der Waals surface area contributed by atoms with Gasteiger partial charge in [-0.2, -0.15) is 13.2 Å². The number of non-ortho nitro benzene ring substituents is 1. The highest BCUT2D eigenvalue weighted by atomic mass is 19.4. The predicted molar refractivity (Wildman–Crippen MR) is 65.6 cm³/mol. The normalized spacial score (nSPS) is 11.7. The summed E-state index contributed by atoms with van der Waals surface area (Å²) < 4.78 is 36.8. The number of nitro groups is 1. The van der Waals surface area contributed by atoms with Gasteiger partial charge in [-0.15, -0.1) is 0 Å². The van der Waals surface area contributed by atoms with E-state index in [1.54, 1.807) is 0 Å². The minimum absolute atomic E-state index is 0.0816. The van der Waals surface area contributed by atoms with Crippen molar-refractivity contribution < 1.29 is 22.9 Å². The van der Waals surface area contributed by atoms with Crippen molar-refractivity contribution in [3.8, 4) is 0 Å². The Kier molecular flexibility index (Phi) is 5.20. The number of likely N-dealkylation sites (N-methyl/N-ethyl adjacent to an activating group) is 1. The van der Waals surface area contributed by atoms with Crippen LogP contribution < -0.4 is 0 Å². The van der Waals surface area contributed by atoms with Gasteiger partial charge in [-0.05, 0) is 18.7 Å². The van der Waals surface area contributed by atoms with Gasteiger partial charge in [-0.3, -0.25) is 19.8 Å². The molecule has 110 valence electrons. The lowest BCUT2D eigenvalue weighted by molar-refractivity contribution is -0.384. The Bertz CT molecular complexity index is 486. The maximum absolute atomic E-state index is 12.3. The average molecular weight is 290 g/mol. The fourth-order valence-electron chi connectivity index (χ4n) is 1.60. The number of hydrogen-bond acceptors (Lipinski definition) is 4. The molecule has 20 heavy (non-hydrogen) atoms. The first-order valence-corrected chi connectivity index (χ1v) is 5.79.